The van der Waals surface area contributed by atoms with E-state index < -0.39 is 0 Å². The van der Waals surface area contributed by atoms with Crippen LogP contribution in [0.3, 0.4) is 0 Å². The van der Waals surface area contributed by atoms with Crippen LogP contribution in [-0.4, -0.2) is 11.6 Å². The summed E-state index contributed by atoms with van der Waals surface area (Å²) in [5.41, 5.74) is 8.32. The summed E-state index contributed by atoms with van der Waals surface area (Å²) in [6.45, 7) is 9.85. The van der Waals surface area contributed by atoms with Crippen LogP contribution in [0, 0.1) is 45.3 Å². The monoisotopic (exact) mass is 416 g/mol. The highest BCUT2D eigenvalue weighted by Crippen LogP contribution is 2.68. The predicted molar refractivity (Wildman–Crippen MR) is 126 cm³/mol. The Morgan fingerprint density at radius 1 is 0.900 bits per heavy atom. The standard InChI is InChI=1S/C27H48N2O/c1-19(2)8-6-5-7-9-20-10-11-23-25(20,3)16-14-24-26(4)15-13-22(29-30)18-21(26)12-17-27(23,24)28/h19-24H,5-18,28H2,1-4H3. The second kappa shape index (κ2) is 8.49. The van der Waals surface area contributed by atoms with Crippen molar-refractivity contribution in [2.75, 3.05) is 0 Å². The molecule has 4 rings (SSSR count). The van der Waals surface area contributed by atoms with E-state index in [9.17, 15) is 4.91 Å². The molecule has 0 radical (unpaired) electrons. The normalized spacial score (nSPS) is 48.1. The van der Waals surface area contributed by atoms with Gasteiger partial charge in [0.2, 0.25) is 0 Å². The molecular formula is C27H48N2O. The number of hydrogen-bond donors (Lipinski definition) is 1. The number of nitroso groups, excluding NO2 is 1. The molecule has 0 heterocycles. The van der Waals surface area contributed by atoms with Gasteiger partial charge >= 0.3 is 0 Å². The van der Waals surface area contributed by atoms with Crippen LogP contribution in [0.15, 0.2) is 5.18 Å². The number of rotatable bonds is 7. The molecule has 172 valence electrons. The third-order valence-corrected chi connectivity index (χ3v) is 11.0. The van der Waals surface area contributed by atoms with E-state index in [2.05, 4.69) is 32.9 Å². The fourth-order valence-corrected chi connectivity index (χ4v) is 9.25. The molecular weight excluding hydrogens is 368 g/mol. The molecule has 0 aromatic rings. The maximum atomic E-state index is 11.2. The van der Waals surface area contributed by atoms with Gasteiger partial charge in [-0.15, -0.1) is 0 Å². The first-order chi connectivity index (χ1) is 14.2. The average Bonchev–Trinajstić information content (AvgIpc) is 3.04. The van der Waals surface area contributed by atoms with Gasteiger partial charge in [-0.3, -0.25) is 0 Å². The fraction of sp³-hybridized carbons (Fsp3) is 1.00. The zero-order valence-corrected chi connectivity index (χ0v) is 20.3. The molecule has 4 aliphatic rings. The minimum atomic E-state index is 0.0338. The van der Waals surface area contributed by atoms with Gasteiger partial charge in [-0.2, -0.15) is 4.91 Å². The summed E-state index contributed by atoms with van der Waals surface area (Å²) in [6, 6.07) is 0.0637. The molecule has 0 spiro atoms. The summed E-state index contributed by atoms with van der Waals surface area (Å²) >= 11 is 0. The highest BCUT2D eigenvalue weighted by Gasteiger charge is 2.65. The first-order valence-corrected chi connectivity index (χ1v) is 13.4. The number of nitrogens with two attached hydrogens (primary N) is 1. The average molecular weight is 417 g/mol. The van der Waals surface area contributed by atoms with Crippen molar-refractivity contribution in [1.29, 1.82) is 0 Å². The maximum Gasteiger partial charge on any atom is 0.0922 e. The molecule has 0 aromatic carbocycles. The van der Waals surface area contributed by atoms with Gasteiger partial charge in [0.25, 0.3) is 0 Å². The quantitative estimate of drug-likeness (QED) is 0.345. The van der Waals surface area contributed by atoms with Crippen LogP contribution in [0.2, 0.25) is 0 Å². The molecule has 0 saturated heterocycles. The minimum absolute atomic E-state index is 0.0338. The summed E-state index contributed by atoms with van der Waals surface area (Å²) in [7, 11) is 0. The maximum absolute atomic E-state index is 11.2. The molecule has 0 aromatic heterocycles. The summed E-state index contributed by atoms with van der Waals surface area (Å²) < 4.78 is 0. The van der Waals surface area contributed by atoms with Crippen molar-refractivity contribution in [3.63, 3.8) is 0 Å². The molecule has 4 aliphatic carbocycles. The largest absolute Gasteiger partial charge is 0.325 e. The topological polar surface area (TPSA) is 55.5 Å². The van der Waals surface area contributed by atoms with E-state index in [1.807, 2.05) is 0 Å². The summed E-state index contributed by atoms with van der Waals surface area (Å²) in [6.07, 6.45) is 18.1. The van der Waals surface area contributed by atoms with Crippen LogP contribution in [0.5, 0.6) is 0 Å². The lowest BCUT2D eigenvalue weighted by Gasteiger charge is -2.65. The van der Waals surface area contributed by atoms with Gasteiger partial charge in [0.1, 0.15) is 0 Å². The molecule has 0 amide bonds. The third kappa shape index (κ3) is 3.69. The van der Waals surface area contributed by atoms with Gasteiger partial charge in [0.05, 0.1) is 6.04 Å². The molecule has 30 heavy (non-hydrogen) atoms. The number of hydrogen-bond acceptors (Lipinski definition) is 3. The van der Waals surface area contributed by atoms with Crippen molar-refractivity contribution < 1.29 is 0 Å². The Balaban J connectivity index is 1.44. The summed E-state index contributed by atoms with van der Waals surface area (Å²) in [4.78, 5) is 11.2. The van der Waals surface area contributed by atoms with Crippen LogP contribution in [-0.2, 0) is 0 Å². The van der Waals surface area contributed by atoms with E-state index >= 15 is 0 Å². The van der Waals surface area contributed by atoms with E-state index in [0.29, 0.717) is 28.6 Å². The molecule has 0 bridgehead atoms. The van der Waals surface area contributed by atoms with Crippen molar-refractivity contribution in [2.45, 2.75) is 129 Å². The molecule has 4 saturated carbocycles. The van der Waals surface area contributed by atoms with Crippen LogP contribution in [0.1, 0.15) is 118 Å². The second-order valence-electron chi connectivity index (χ2n) is 12.8. The minimum Gasteiger partial charge on any atom is -0.325 e. The zero-order valence-electron chi connectivity index (χ0n) is 20.3. The van der Waals surface area contributed by atoms with Crippen molar-refractivity contribution >= 4 is 0 Å². The van der Waals surface area contributed by atoms with E-state index in [0.717, 1.165) is 24.7 Å². The van der Waals surface area contributed by atoms with Crippen LogP contribution < -0.4 is 5.73 Å². The van der Waals surface area contributed by atoms with Gasteiger partial charge in [-0.05, 0) is 105 Å². The SMILES string of the molecule is CC(C)CCCCCC1CCC2C1(C)CCC1C3(C)CCC(N=O)CC3CCC21N. The van der Waals surface area contributed by atoms with Gasteiger partial charge in [-0.1, -0.05) is 58.6 Å². The summed E-state index contributed by atoms with van der Waals surface area (Å²) in [5.74, 6) is 3.77. The van der Waals surface area contributed by atoms with Crippen molar-refractivity contribution in [2.24, 2.45) is 51.3 Å². The molecule has 8 unspecified atom stereocenters. The number of nitrogens with zero attached hydrogens (tertiary/aromatic N) is 1. The van der Waals surface area contributed by atoms with Crippen molar-refractivity contribution in [1.82, 2.24) is 0 Å². The second-order valence-corrected chi connectivity index (χ2v) is 12.8. The molecule has 2 N–H and O–H groups in total. The van der Waals surface area contributed by atoms with E-state index in [4.69, 9.17) is 5.73 Å². The lowest BCUT2D eigenvalue weighted by Crippen LogP contribution is -2.68. The van der Waals surface area contributed by atoms with Crippen LogP contribution >= 0.6 is 0 Å². The van der Waals surface area contributed by atoms with E-state index in [-0.39, 0.29) is 11.6 Å². The first kappa shape index (κ1) is 22.7. The van der Waals surface area contributed by atoms with E-state index in [1.165, 1.54) is 77.0 Å². The highest BCUT2D eigenvalue weighted by molar-refractivity contribution is 5.18. The lowest BCUT2D eigenvalue weighted by atomic mass is 9.42. The summed E-state index contributed by atoms with van der Waals surface area (Å²) in [5, 5.41) is 3.44. The van der Waals surface area contributed by atoms with Crippen molar-refractivity contribution in [3.8, 4) is 0 Å². The Morgan fingerprint density at radius 3 is 2.37 bits per heavy atom. The predicted octanol–water partition coefficient (Wildman–Crippen LogP) is 7.47. The third-order valence-electron chi connectivity index (χ3n) is 11.0. The van der Waals surface area contributed by atoms with Gasteiger partial charge in [0, 0.05) is 5.54 Å². The van der Waals surface area contributed by atoms with Crippen LogP contribution in [0.4, 0.5) is 0 Å². The Bertz CT molecular complexity index is 620. The Kier molecular flexibility index (Phi) is 6.43. The molecule has 3 nitrogen and oxygen atoms in total. The van der Waals surface area contributed by atoms with Crippen LogP contribution in [0.25, 0.3) is 0 Å². The van der Waals surface area contributed by atoms with Gasteiger partial charge in [0.15, 0.2) is 0 Å². The number of unbranched alkanes of at least 4 members (excludes halogenated alkanes) is 2. The highest BCUT2D eigenvalue weighted by atomic mass is 16.3. The fourth-order valence-electron chi connectivity index (χ4n) is 9.25. The first-order valence-electron chi connectivity index (χ1n) is 13.4. The zero-order chi connectivity index (χ0) is 21.6. The Hall–Kier alpha value is -0.440. The Morgan fingerprint density at radius 2 is 1.63 bits per heavy atom. The van der Waals surface area contributed by atoms with Gasteiger partial charge in [-0.25, -0.2) is 0 Å². The lowest BCUT2D eigenvalue weighted by molar-refractivity contribution is -0.128. The smallest absolute Gasteiger partial charge is 0.0922 e. The molecule has 3 heteroatoms. The molecule has 4 fully saturated rings. The van der Waals surface area contributed by atoms with E-state index in [1.54, 1.807) is 0 Å². The molecule has 8 atom stereocenters. The Labute approximate surface area is 185 Å². The van der Waals surface area contributed by atoms with Crippen molar-refractivity contribution in [3.05, 3.63) is 4.91 Å². The van der Waals surface area contributed by atoms with Gasteiger partial charge < -0.3 is 5.73 Å². The molecule has 0 aliphatic heterocycles. The number of fused-ring (bicyclic) bond motifs is 5.